The van der Waals surface area contributed by atoms with Crippen LogP contribution in [0.3, 0.4) is 0 Å². The zero-order valence-electron chi connectivity index (χ0n) is 29.8. The van der Waals surface area contributed by atoms with Crippen LogP contribution in [0.15, 0.2) is 54.9 Å². The minimum atomic E-state index is -3.97. The predicted octanol–water partition coefficient (Wildman–Crippen LogP) is 2.49. The molecule has 3 aromatic rings. The molecule has 3 N–H and O–H groups in total. The fraction of sp³-hybridized carbons (Fsp3) is 0.459. The molecule has 2 aliphatic heterocycles. The summed E-state index contributed by atoms with van der Waals surface area (Å²) in [5, 5.41) is 4.92. The van der Waals surface area contributed by atoms with Crippen LogP contribution in [0.2, 0.25) is 0 Å². The van der Waals surface area contributed by atoms with Gasteiger partial charge in [-0.15, -0.1) is 0 Å². The Morgan fingerprint density at radius 3 is 2.57 bits per heavy atom. The summed E-state index contributed by atoms with van der Waals surface area (Å²) in [6, 6.07) is 2.10. The SMILES string of the molecule is Cc1cnc(C(=O)NC2CCCCCC=CC3C=CC3(C(=O)NS(=O)(=O)C3CC3)NC(=O)C3CC(Oc4nc5c(F)cccc5nc4C)CN3C2=O)cn1. The highest BCUT2D eigenvalue weighted by atomic mass is 32.2. The van der Waals surface area contributed by atoms with Crippen LogP contribution in [0.4, 0.5) is 4.39 Å². The number of rotatable bonds is 7. The normalized spacial score (nSPS) is 26.1. The second-order valence-electron chi connectivity index (χ2n) is 14.3. The average molecular weight is 761 g/mol. The molecule has 15 nitrogen and oxygen atoms in total. The summed E-state index contributed by atoms with van der Waals surface area (Å²) in [5.74, 6) is -4.05. The largest absolute Gasteiger partial charge is 0.471 e. The van der Waals surface area contributed by atoms with E-state index in [1.165, 1.54) is 35.5 Å². The third kappa shape index (κ3) is 7.54. The molecule has 5 atom stereocenters. The van der Waals surface area contributed by atoms with Crippen molar-refractivity contribution < 1.29 is 36.7 Å². The molecule has 54 heavy (non-hydrogen) atoms. The van der Waals surface area contributed by atoms with Gasteiger partial charge in [0.25, 0.3) is 11.8 Å². The van der Waals surface area contributed by atoms with Gasteiger partial charge in [-0.2, -0.15) is 0 Å². The smallest absolute Gasteiger partial charge is 0.272 e. The maximum atomic E-state index is 14.7. The standard InChI is InChI=1S/C37H41FN8O7S/c1-21-18-40-29(19-39-21)32(47)42-28-11-7-5-3-4-6-9-23-15-16-37(23,36(50)45-54(51,52)25-13-14-25)44-33(48)30-17-24(20-46(30)35(28)49)53-34-22(2)41-27-12-8-10-26(38)31(27)43-34/h6,8-10,12,15-16,18-19,23-25,28,30H,3-5,7,11,13-14,17,20H2,1-2H3,(H,42,47)(H,44,48)(H,45,50). The van der Waals surface area contributed by atoms with Crippen LogP contribution in [0.5, 0.6) is 5.88 Å². The molecule has 4 heterocycles. The number of halogens is 1. The molecule has 0 radical (unpaired) electrons. The van der Waals surface area contributed by atoms with Crippen molar-refractivity contribution >= 4 is 44.7 Å². The quantitative estimate of drug-likeness (QED) is 0.299. The molecule has 2 aromatic heterocycles. The Kier molecular flexibility index (Phi) is 10.2. The minimum absolute atomic E-state index is 0.00767. The lowest BCUT2D eigenvalue weighted by Crippen LogP contribution is -2.67. The molecule has 4 aliphatic rings. The highest BCUT2D eigenvalue weighted by Crippen LogP contribution is 2.36. The summed E-state index contributed by atoms with van der Waals surface area (Å²) in [5.41, 5.74) is -0.447. The highest BCUT2D eigenvalue weighted by Gasteiger charge is 2.53. The van der Waals surface area contributed by atoms with Gasteiger partial charge in [-0.25, -0.2) is 27.8 Å². The Labute approximate surface area is 311 Å². The lowest BCUT2D eigenvalue weighted by atomic mass is 9.73. The van der Waals surface area contributed by atoms with Gasteiger partial charge in [0.15, 0.2) is 5.82 Å². The molecule has 5 unspecified atom stereocenters. The van der Waals surface area contributed by atoms with Crippen LogP contribution in [0.25, 0.3) is 11.0 Å². The number of carbonyl (C=O) groups excluding carboxylic acids is 4. The molecule has 4 amide bonds. The topological polar surface area (TPSA) is 203 Å². The number of allylic oxidation sites excluding steroid dienone is 1. The van der Waals surface area contributed by atoms with Gasteiger partial charge in [0.2, 0.25) is 27.7 Å². The van der Waals surface area contributed by atoms with Crippen molar-refractivity contribution in [3.8, 4) is 5.88 Å². The van der Waals surface area contributed by atoms with Gasteiger partial charge in [0, 0.05) is 18.5 Å². The van der Waals surface area contributed by atoms with E-state index in [1.807, 2.05) is 6.08 Å². The second-order valence-corrected chi connectivity index (χ2v) is 16.2. The Morgan fingerprint density at radius 2 is 1.85 bits per heavy atom. The van der Waals surface area contributed by atoms with Crippen LogP contribution in [0, 0.1) is 25.6 Å². The first-order valence-electron chi connectivity index (χ1n) is 18.1. The number of sulfonamides is 1. The van der Waals surface area contributed by atoms with Gasteiger partial charge in [-0.1, -0.05) is 43.2 Å². The molecular formula is C37H41FN8O7S. The van der Waals surface area contributed by atoms with Crippen molar-refractivity contribution in [3.05, 3.63) is 77.8 Å². The third-order valence-electron chi connectivity index (χ3n) is 10.2. The van der Waals surface area contributed by atoms with Crippen molar-refractivity contribution in [2.75, 3.05) is 6.54 Å². The van der Waals surface area contributed by atoms with Crippen molar-refractivity contribution in [1.29, 1.82) is 0 Å². The molecule has 2 aliphatic carbocycles. The van der Waals surface area contributed by atoms with Gasteiger partial charge in [0.05, 0.1) is 29.2 Å². The molecule has 0 bridgehead atoms. The van der Waals surface area contributed by atoms with Crippen LogP contribution in [-0.2, 0) is 24.4 Å². The second kappa shape index (κ2) is 14.8. The Hall–Kier alpha value is -5.32. The molecular weight excluding hydrogens is 720 g/mol. The van der Waals surface area contributed by atoms with Gasteiger partial charge < -0.3 is 20.3 Å². The van der Waals surface area contributed by atoms with E-state index in [1.54, 1.807) is 32.1 Å². The fourth-order valence-corrected chi connectivity index (χ4v) is 8.33. The summed E-state index contributed by atoms with van der Waals surface area (Å²) >= 11 is 0. The van der Waals surface area contributed by atoms with Crippen LogP contribution in [-0.4, -0.2) is 92.4 Å². The number of para-hydroxylation sites is 1. The van der Waals surface area contributed by atoms with Crippen molar-refractivity contribution in [2.45, 2.75) is 94.2 Å². The molecule has 7 rings (SSSR count). The third-order valence-corrected chi connectivity index (χ3v) is 12.0. The molecule has 2 fully saturated rings. The molecule has 1 saturated carbocycles. The van der Waals surface area contributed by atoms with E-state index >= 15 is 0 Å². The number of fused-ring (bicyclic) bond motifs is 3. The number of amides is 4. The summed E-state index contributed by atoms with van der Waals surface area (Å²) < 4.78 is 48.9. The summed E-state index contributed by atoms with van der Waals surface area (Å²) in [7, 11) is -3.97. The van der Waals surface area contributed by atoms with Crippen molar-refractivity contribution in [2.24, 2.45) is 5.92 Å². The maximum Gasteiger partial charge on any atom is 0.272 e. The first-order valence-corrected chi connectivity index (χ1v) is 19.6. The molecule has 1 aromatic carbocycles. The number of benzene rings is 1. The minimum Gasteiger partial charge on any atom is -0.471 e. The van der Waals surface area contributed by atoms with Gasteiger partial charge >= 0.3 is 0 Å². The number of aromatic nitrogens is 4. The van der Waals surface area contributed by atoms with Crippen LogP contribution in [0.1, 0.15) is 73.2 Å². The zero-order valence-corrected chi connectivity index (χ0v) is 30.6. The van der Waals surface area contributed by atoms with Crippen molar-refractivity contribution in [3.63, 3.8) is 0 Å². The maximum absolute atomic E-state index is 14.7. The lowest BCUT2D eigenvalue weighted by molar-refractivity contribution is -0.142. The number of nitrogens with zero attached hydrogens (tertiary/aromatic N) is 5. The van der Waals surface area contributed by atoms with Crippen molar-refractivity contribution in [1.82, 2.24) is 40.2 Å². The first kappa shape index (κ1) is 37.0. The zero-order chi connectivity index (χ0) is 38.2. The monoisotopic (exact) mass is 760 g/mol. The highest BCUT2D eigenvalue weighted by molar-refractivity contribution is 7.91. The number of carbonyl (C=O) groups is 4. The number of aryl methyl sites for hydroxylation is 2. The van der Waals surface area contributed by atoms with Crippen LogP contribution >= 0.6 is 0 Å². The Bertz CT molecular complexity index is 2160. The van der Waals surface area contributed by atoms with Crippen LogP contribution < -0.4 is 20.1 Å². The van der Waals surface area contributed by atoms with E-state index in [0.717, 1.165) is 6.42 Å². The van der Waals surface area contributed by atoms with E-state index in [-0.39, 0.29) is 36.5 Å². The molecule has 284 valence electrons. The predicted molar refractivity (Wildman–Crippen MR) is 193 cm³/mol. The Balaban J connectivity index is 1.21. The molecule has 17 heteroatoms. The lowest BCUT2D eigenvalue weighted by Gasteiger charge is -2.42. The summed E-state index contributed by atoms with van der Waals surface area (Å²) in [6.07, 6.45) is 12.5. The van der Waals surface area contributed by atoms with Gasteiger partial charge in [-0.05, 0) is 58.1 Å². The van der Waals surface area contributed by atoms with E-state index < -0.39 is 74.4 Å². The number of hydrogen-bond acceptors (Lipinski definition) is 11. The number of nitrogens with one attached hydrogen (secondary N) is 3. The van der Waals surface area contributed by atoms with Gasteiger partial charge in [0.1, 0.15) is 40.6 Å². The summed E-state index contributed by atoms with van der Waals surface area (Å²) in [6.45, 7) is 3.25. The average Bonchev–Trinajstić information content (AvgIpc) is 3.91. The first-order chi connectivity index (χ1) is 25.8. The van der Waals surface area contributed by atoms with Gasteiger partial charge in [-0.3, -0.25) is 28.9 Å². The van der Waals surface area contributed by atoms with E-state index in [4.69, 9.17) is 4.74 Å². The van der Waals surface area contributed by atoms with E-state index in [2.05, 4.69) is 35.3 Å². The van der Waals surface area contributed by atoms with E-state index in [0.29, 0.717) is 49.0 Å². The Morgan fingerprint density at radius 1 is 1.04 bits per heavy atom. The molecule has 1 saturated heterocycles. The number of hydrogen-bond donors (Lipinski definition) is 3. The summed E-state index contributed by atoms with van der Waals surface area (Å²) in [4.78, 5) is 74.5. The van der Waals surface area contributed by atoms with E-state index in [9.17, 15) is 32.0 Å². The fourth-order valence-electron chi connectivity index (χ4n) is 6.98. The molecule has 0 spiro atoms. The number of ether oxygens (including phenoxy) is 1.